The Kier molecular flexibility index (Phi) is 6.28. The van der Waals surface area contributed by atoms with Crippen molar-refractivity contribution in [3.05, 3.63) is 64.6 Å². The number of rotatable bonds is 7. The van der Waals surface area contributed by atoms with Gasteiger partial charge < -0.3 is 19.2 Å². The number of carbonyl (C=O) groups is 2. The summed E-state index contributed by atoms with van der Waals surface area (Å²) in [6.45, 7) is 4.72. The van der Waals surface area contributed by atoms with Crippen molar-refractivity contribution in [2.75, 3.05) is 13.2 Å². The molecule has 1 aromatic carbocycles. The molecule has 1 aliphatic heterocycles. The molecule has 164 valence electrons. The number of likely N-dealkylation sites (tertiary alicyclic amines) is 1. The molecule has 1 atom stereocenters. The van der Waals surface area contributed by atoms with E-state index in [1.165, 1.54) is 28.7 Å². The molecular weight excluding hydrogens is 394 g/mol. The number of Topliss-reactive ketones (excluding diaryl/α,β-unsaturated/α-hetero) is 1. The molecule has 0 saturated carbocycles. The fourth-order valence-corrected chi connectivity index (χ4v) is 4.44. The summed E-state index contributed by atoms with van der Waals surface area (Å²) in [5.74, 6) is -0.982. The number of furan rings is 1. The molecule has 1 aromatic heterocycles. The molecule has 0 spiro atoms. The highest BCUT2D eigenvalue weighted by atomic mass is 16.5. The predicted molar refractivity (Wildman–Crippen MR) is 117 cm³/mol. The summed E-state index contributed by atoms with van der Waals surface area (Å²) in [6.07, 6.45) is 6.47. The van der Waals surface area contributed by atoms with Gasteiger partial charge in [-0.1, -0.05) is 12.1 Å². The van der Waals surface area contributed by atoms with Crippen molar-refractivity contribution in [1.29, 1.82) is 0 Å². The molecule has 6 nitrogen and oxygen atoms in total. The van der Waals surface area contributed by atoms with E-state index in [0.29, 0.717) is 30.9 Å². The molecule has 1 aliphatic carbocycles. The van der Waals surface area contributed by atoms with E-state index in [2.05, 4.69) is 0 Å². The first kappa shape index (κ1) is 21.4. The number of aliphatic hydroxyl groups is 1. The van der Waals surface area contributed by atoms with E-state index >= 15 is 0 Å². The summed E-state index contributed by atoms with van der Waals surface area (Å²) in [7, 11) is 0. The van der Waals surface area contributed by atoms with Gasteiger partial charge in [-0.2, -0.15) is 0 Å². The van der Waals surface area contributed by atoms with Crippen LogP contribution in [0.5, 0.6) is 0 Å². The highest BCUT2D eigenvalue weighted by Crippen LogP contribution is 2.40. The van der Waals surface area contributed by atoms with Crippen molar-refractivity contribution in [3.8, 4) is 0 Å². The first-order chi connectivity index (χ1) is 15.0. The van der Waals surface area contributed by atoms with Crippen molar-refractivity contribution in [2.24, 2.45) is 0 Å². The van der Waals surface area contributed by atoms with Crippen LogP contribution in [-0.4, -0.2) is 41.0 Å². The summed E-state index contributed by atoms with van der Waals surface area (Å²) in [5.41, 5.74) is 3.14. The van der Waals surface area contributed by atoms with Crippen LogP contribution < -0.4 is 0 Å². The molecule has 1 saturated heterocycles. The van der Waals surface area contributed by atoms with Gasteiger partial charge in [0.15, 0.2) is 0 Å². The Morgan fingerprint density at radius 1 is 1.19 bits per heavy atom. The van der Waals surface area contributed by atoms with Crippen LogP contribution >= 0.6 is 0 Å². The number of ether oxygens (including phenoxy) is 1. The maximum Gasteiger partial charge on any atom is 0.295 e. The van der Waals surface area contributed by atoms with Crippen LogP contribution in [0.4, 0.5) is 0 Å². The third-order valence-electron chi connectivity index (χ3n) is 5.97. The third-order valence-corrected chi connectivity index (χ3v) is 5.97. The summed E-state index contributed by atoms with van der Waals surface area (Å²) in [4.78, 5) is 27.3. The highest BCUT2D eigenvalue weighted by molar-refractivity contribution is 6.46. The fourth-order valence-electron chi connectivity index (χ4n) is 4.44. The summed E-state index contributed by atoms with van der Waals surface area (Å²) in [6, 6.07) is 8.51. The normalized spacial score (nSPS) is 20.5. The van der Waals surface area contributed by atoms with Gasteiger partial charge in [-0.05, 0) is 75.3 Å². The Labute approximate surface area is 182 Å². The molecule has 4 rings (SSSR count). The minimum Gasteiger partial charge on any atom is -0.507 e. The molecule has 2 aliphatic rings. The molecule has 2 aromatic rings. The van der Waals surface area contributed by atoms with Gasteiger partial charge in [-0.25, -0.2) is 0 Å². The smallest absolute Gasteiger partial charge is 0.295 e. The second kappa shape index (κ2) is 9.10. The van der Waals surface area contributed by atoms with Crippen molar-refractivity contribution in [3.63, 3.8) is 0 Å². The van der Waals surface area contributed by atoms with Crippen molar-refractivity contribution in [2.45, 2.75) is 58.1 Å². The van der Waals surface area contributed by atoms with E-state index in [9.17, 15) is 14.7 Å². The van der Waals surface area contributed by atoms with Gasteiger partial charge in [-0.3, -0.25) is 9.59 Å². The van der Waals surface area contributed by atoms with E-state index in [0.717, 1.165) is 19.3 Å². The van der Waals surface area contributed by atoms with Crippen molar-refractivity contribution < 1.29 is 23.8 Å². The molecule has 0 bridgehead atoms. The lowest BCUT2D eigenvalue weighted by Crippen LogP contribution is -2.31. The maximum absolute atomic E-state index is 13.0. The highest BCUT2D eigenvalue weighted by Gasteiger charge is 2.47. The molecule has 1 N–H and O–H groups in total. The number of aryl methyl sites for hydroxylation is 2. The molecule has 1 amide bonds. The summed E-state index contributed by atoms with van der Waals surface area (Å²) < 4.78 is 11.2. The average molecular weight is 424 g/mol. The Balaban J connectivity index is 1.69. The van der Waals surface area contributed by atoms with E-state index < -0.39 is 17.7 Å². The fraction of sp³-hybridized carbons (Fsp3) is 0.440. The third kappa shape index (κ3) is 4.30. The standard InChI is InChI=1S/C25H29NO5/c1-16(2)30-14-6-12-26-22(20-9-5-13-31-20)21(24(28)25(26)29)23(27)19-11-10-17-7-3-4-8-18(17)15-19/h5,9-11,13,15-16,22,27H,3-4,6-8,12,14H2,1-2H3/b23-21-. The molecule has 6 heteroatoms. The van der Waals surface area contributed by atoms with Gasteiger partial charge in [0.1, 0.15) is 17.6 Å². The van der Waals surface area contributed by atoms with Crippen LogP contribution in [0.25, 0.3) is 5.76 Å². The molecule has 2 heterocycles. The van der Waals surface area contributed by atoms with E-state index in [-0.39, 0.29) is 17.4 Å². The molecule has 31 heavy (non-hydrogen) atoms. The second-order valence-electron chi connectivity index (χ2n) is 8.47. The number of nitrogens with zero attached hydrogens (tertiary/aromatic N) is 1. The van der Waals surface area contributed by atoms with Gasteiger partial charge >= 0.3 is 0 Å². The van der Waals surface area contributed by atoms with E-state index in [1.54, 1.807) is 12.1 Å². The molecule has 1 unspecified atom stereocenters. The van der Waals surface area contributed by atoms with Gasteiger partial charge in [-0.15, -0.1) is 0 Å². The van der Waals surface area contributed by atoms with E-state index in [1.807, 2.05) is 32.0 Å². The molecular formula is C25H29NO5. The van der Waals surface area contributed by atoms with Crippen molar-refractivity contribution in [1.82, 2.24) is 4.90 Å². The monoisotopic (exact) mass is 423 g/mol. The number of carbonyl (C=O) groups excluding carboxylic acids is 2. The first-order valence-electron chi connectivity index (χ1n) is 11.0. The Morgan fingerprint density at radius 2 is 1.97 bits per heavy atom. The zero-order valence-corrected chi connectivity index (χ0v) is 18.1. The van der Waals surface area contributed by atoms with Crippen LogP contribution in [0.2, 0.25) is 0 Å². The predicted octanol–water partition coefficient (Wildman–Crippen LogP) is 4.40. The Morgan fingerprint density at radius 3 is 2.68 bits per heavy atom. The molecule has 1 fully saturated rings. The van der Waals surface area contributed by atoms with Crippen LogP contribution in [0.3, 0.4) is 0 Å². The van der Waals surface area contributed by atoms with Gasteiger partial charge in [0.25, 0.3) is 11.7 Å². The van der Waals surface area contributed by atoms with Crippen LogP contribution in [-0.2, 0) is 27.2 Å². The number of hydrogen-bond donors (Lipinski definition) is 1. The number of benzene rings is 1. The zero-order chi connectivity index (χ0) is 22.0. The van der Waals surface area contributed by atoms with Gasteiger partial charge in [0, 0.05) is 18.7 Å². The lowest BCUT2D eigenvalue weighted by Gasteiger charge is -2.23. The Bertz CT molecular complexity index is 989. The number of amides is 1. The minimum atomic E-state index is -0.745. The average Bonchev–Trinajstić information content (AvgIpc) is 3.38. The van der Waals surface area contributed by atoms with Crippen LogP contribution in [0.1, 0.15) is 61.6 Å². The first-order valence-corrected chi connectivity index (χ1v) is 11.0. The van der Waals surface area contributed by atoms with E-state index in [4.69, 9.17) is 9.15 Å². The van der Waals surface area contributed by atoms with Gasteiger partial charge in [0.2, 0.25) is 0 Å². The van der Waals surface area contributed by atoms with Crippen LogP contribution in [0, 0.1) is 0 Å². The number of ketones is 1. The Hall–Kier alpha value is -2.86. The van der Waals surface area contributed by atoms with Gasteiger partial charge in [0.05, 0.1) is 17.9 Å². The van der Waals surface area contributed by atoms with Crippen molar-refractivity contribution >= 4 is 17.4 Å². The number of hydrogen-bond acceptors (Lipinski definition) is 5. The SMILES string of the molecule is CC(C)OCCCN1C(=O)C(=O)/C(=C(\O)c2ccc3c(c2)CCCC3)C1c1ccco1. The minimum absolute atomic E-state index is 0.0838. The second-order valence-corrected chi connectivity index (χ2v) is 8.47. The van der Waals surface area contributed by atoms with Crippen LogP contribution in [0.15, 0.2) is 46.6 Å². The maximum atomic E-state index is 13.0. The summed E-state index contributed by atoms with van der Waals surface area (Å²) >= 11 is 0. The number of fused-ring (bicyclic) bond motifs is 1. The topological polar surface area (TPSA) is 80.0 Å². The lowest BCUT2D eigenvalue weighted by molar-refractivity contribution is -0.140. The quantitative estimate of drug-likeness (QED) is 0.309. The summed E-state index contributed by atoms with van der Waals surface area (Å²) in [5, 5.41) is 11.2. The zero-order valence-electron chi connectivity index (χ0n) is 18.1. The number of aliphatic hydroxyl groups excluding tert-OH is 1. The largest absolute Gasteiger partial charge is 0.507 e. The molecule has 0 radical (unpaired) electrons. The lowest BCUT2D eigenvalue weighted by atomic mass is 9.89.